The van der Waals surface area contributed by atoms with Crippen molar-refractivity contribution in [3.63, 3.8) is 0 Å². The van der Waals surface area contributed by atoms with Crippen molar-refractivity contribution in [2.45, 2.75) is 0 Å². The molecule has 68 valence electrons. The minimum absolute atomic E-state index is 0.646. The van der Waals surface area contributed by atoms with Crippen LogP contribution in [0.4, 0.5) is 0 Å². The number of hydrogen-bond donors (Lipinski definition) is 1. The van der Waals surface area contributed by atoms with Crippen molar-refractivity contribution in [3.8, 4) is 17.2 Å². The second-order valence-corrected chi connectivity index (χ2v) is 3.34. The lowest BCUT2D eigenvalue weighted by Gasteiger charge is -1.98. The summed E-state index contributed by atoms with van der Waals surface area (Å²) in [6.07, 6.45) is 3.49. The molecule has 0 unspecified atom stereocenters. The molecule has 0 fully saturated rings. The molecule has 1 N–H and O–H groups in total. The van der Waals surface area contributed by atoms with Crippen molar-refractivity contribution in [2.24, 2.45) is 0 Å². The van der Waals surface area contributed by atoms with Crippen LogP contribution in [0.15, 0.2) is 36.7 Å². The Labute approximate surface area is 86.8 Å². The van der Waals surface area contributed by atoms with Crippen molar-refractivity contribution < 1.29 is 0 Å². The van der Waals surface area contributed by atoms with Gasteiger partial charge in [0.15, 0.2) is 0 Å². The van der Waals surface area contributed by atoms with Crippen LogP contribution in [0.3, 0.4) is 0 Å². The third-order valence-corrected chi connectivity index (χ3v) is 2.27. The second kappa shape index (κ2) is 3.57. The van der Waals surface area contributed by atoms with Gasteiger partial charge in [0, 0.05) is 23.0 Å². The van der Waals surface area contributed by atoms with E-state index in [-0.39, 0.29) is 0 Å². The predicted octanol–water partition coefficient (Wildman–Crippen LogP) is 3.21. The van der Waals surface area contributed by atoms with Crippen LogP contribution in [0.25, 0.3) is 11.1 Å². The molecular weight excluding hydrogens is 196 g/mol. The van der Waals surface area contributed by atoms with Crippen molar-refractivity contribution in [1.82, 2.24) is 4.98 Å². The molecule has 0 spiro atoms. The molecule has 2 nitrogen and oxygen atoms in total. The molecule has 0 saturated heterocycles. The molecule has 0 aliphatic heterocycles. The Balaban J connectivity index is 2.50. The van der Waals surface area contributed by atoms with Gasteiger partial charge in [-0.1, -0.05) is 23.7 Å². The van der Waals surface area contributed by atoms with Crippen LogP contribution in [-0.4, -0.2) is 4.98 Å². The first-order chi connectivity index (χ1) is 6.81. The highest BCUT2D eigenvalue weighted by Gasteiger charge is 2.04. The molecule has 1 aromatic heterocycles. The molecule has 1 aromatic carbocycles. The van der Waals surface area contributed by atoms with E-state index in [1.165, 1.54) is 0 Å². The Morgan fingerprint density at radius 3 is 2.50 bits per heavy atom. The maximum Gasteiger partial charge on any atom is 0.101 e. The lowest BCUT2D eigenvalue weighted by molar-refractivity contribution is 1.40. The zero-order valence-corrected chi connectivity index (χ0v) is 8.05. The Morgan fingerprint density at radius 2 is 1.86 bits per heavy atom. The minimum atomic E-state index is 0.646. The molecule has 0 bridgehead atoms. The van der Waals surface area contributed by atoms with E-state index >= 15 is 0 Å². The lowest BCUT2D eigenvalue weighted by atomic mass is 10.1. The van der Waals surface area contributed by atoms with Crippen LogP contribution in [0, 0.1) is 11.3 Å². The van der Waals surface area contributed by atoms with Crippen molar-refractivity contribution >= 4 is 11.6 Å². The molecule has 1 heterocycles. The Bertz CT molecular complexity index is 477. The van der Waals surface area contributed by atoms with Gasteiger partial charge in [0.05, 0.1) is 5.56 Å². The van der Waals surface area contributed by atoms with E-state index in [1.807, 2.05) is 30.5 Å². The van der Waals surface area contributed by atoms with E-state index in [0.717, 1.165) is 11.1 Å². The normalized spacial score (nSPS) is 9.71. The second-order valence-electron chi connectivity index (χ2n) is 2.90. The van der Waals surface area contributed by atoms with Crippen LogP contribution in [-0.2, 0) is 0 Å². The number of aromatic amines is 1. The molecule has 2 rings (SSSR count). The van der Waals surface area contributed by atoms with Gasteiger partial charge in [-0.25, -0.2) is 0 Å². The summed E-state index contributed by atoms with van der Waals surface area (Å²) in [6, 6.07) is 9.54. The number of nitrogens with zero attached hydrogens (tertiary/aromatic N) is 1. The van der Waals surface area contributed by atoms with Crippen LogP contribution in [0.5, 0.6) is 0 Å². The molecule has 0 saturated carbocycles. The Kier molecular flexibility index (Phi) is 2.26. The summed E-state index contributed by atoms with van der Waals surface area (Å²) >= 11 is 5.77. The van der Waals surface area contributed by atoms with Crippen molar-refractivity contribution in [2.75, 3.05) is 0 Å². The molecule has 0 radical (unpaired) electrons. The molecule has 2 aromatic rings. The highest BCUT2D eigenvalue weighted by atomic mass is 35.5. The molecule has 14 heavy (non-hydrogen) atoms. The van der Waals surface area contributed by atoms with Gasteiger partial charge in [0.25, 0.3) is 0 Å². The van der Waals surface area contributed by atoms with Gasteiger partial charge in [-0.3, -0.25) is 0 Å². The topological polar surface area (TPSA) is 39.6 Å². The largest absolute Gasteiger partial charge is 0.366 e. The summed E-state index contributed by atoms with van der Waals surface area (Å²) in [5.74, 6) is 0. The maximum atomic E-state index is 8.83. The van der Waals surface area contributed by atoms with Crippen LogP contribution in [0.2, 0.25) is 5.02 Å². The molecule has 0 atom stereocenters. The van der Waals surface area contributed by atoms with Gasteiger partial charge < -0.3 is 4.98 Å². The Hall–Kier alpha value is -1.72. The molecular formula is C11H7ClN2. The standard InChI is InChI=1S/C11H7ClN2/c12-10-3-1-8(2-4-10)11-7-14-6-9(11)5-13/h1-4,6-7,14H. The fourth-order valence-electron chi connectivity index (χ4n) is 1.32. The third-order valence-electron chi connectivity index (χ3n) is 2.02. The maximum absolute atomic E-state index is 8.83. The summed E-state index contributed by atoms with van der Waals surface area (Å²) in [6.45, 7) is 0. The monoisotopic (exact) mass is 202 g/mol. The van der Waals surface area contributed by atoms with Gasteiger partial charge in [0.1, 0.15) is 6.07 Å². The first-order valence-corrected chi connectivity index (χ1v) is 4.52. The average molecular weight is 203 g/mol. The fourth-order valence-corrected chi connectivity index (χ4v) is 1.45. The SMILES string of the molecule is N#Cc1c[nH]cc1-c1ccc(Cl)cc1. The van der Waals surface area contributed by atoms with E-state index in [0.29, 0.717) is 10.6 Å². The van der Waals surface area contributed by atoms with Crippen LogP contribution in [0.1, 0.15) is 5.56 Å². The Morgan fingerprint density at radius 1 is 1.14 bits per heavy atom. The van der Waals surface area contributed by atoms with E-state index in [4.69, 9.17) is 16.9 Å². The van der Waals surface area contributed by atoms with Gasteiger partial charge in [-0.2, -0.15) is 5.26 Å². The highest BCUT2D eigenvalue weighted by molar-refractivity contribution is 6.30. The number of aromatic nitrogens is 1. The van der Waals surface area contributed by atoms with Gasteiger partial charge in [0.2, 0.25) is 0 Å². The number of benzene rings is 1. The molecule has 3 heteroatoms. The number of H-pyrrole nitrogens is 1. The van der Waals surface area contributed by atoms with Crippen LogP contribution >= 0.6 is 11.6 Å². The molecule has 0 aliphatic rings. The molecule has 0 aliphatic carbocycles. The number of nitriles is 1. The quantitative estimate of drug-likeness (QED) is 0.758. The number of rotatable bonds is 1. The van der Waals surface area contributed by atoms with Gasteiger partial charge >= 0.3 is 0 Å². The third kappa shape index (κ3) is 1.50. The van der Waals surface area contributed by atoms with E-state index in [1.54, 1.807) is 6.20 Å². The summed E-state index contributed by atoms with van der Waals surface area (Å²) in [5, 5.41) is 9.52. The summed E-state index contributed by atoms with van der Waals surface area (Å²) in [7, 11) is 0. The number of halogens is 1. The fraction of sp³-hybridized carbons (Fsp3) is 0. The summed E-state index contributed by atoms with van der Waals surface area (Å²) in [5.41, 5.74) is 2.55. The zero-order valence-electron chi connectivity index (χ0n) is 7.29. The number of hydrogen-bond acceptors (Lipinski definition) is 1. The van der Waals surface area contributed by atoms with E-state index in [2.05, 4.69) is 11.1 Å². The van der Waals surface area contributed by atoms with Crippen molar-refractivity contribution in [3.05, 3.63) is 47.2 Å². The minimum Gasteiger partial charge on any atom is -0.366 e. The zero-order chi connectivity index (χ0) is 9.97. The van der Waals surface area contributed by atoms with Gasteiger partial charge in [-0.15, -0.1) is 0 Å². The smallest absolute Gasteiger partial charge is 0.101 e. The summed E-state index contributed by atoms with van der Waals surface area (Å²) in [4.78, 5) is 2.91. The first kappa shape index (κ1) is 8.86. The van der Waals surface area contributed by atoms with Crippen LogP contribution < -0.4 is 0 Å². The van der Waals surface area contributed by atoms with Crippen molar-refractivity contribution in [1.29, 1.82) is 5.26 Å². The van der Waals surface area contributed by atoms with Gasteiger partial charge in [-0.05, 0) is 17.7 Å². The average Bonchev–Trinajstić information content (AvgIpc) is 2.67. The lowest BCUT2D eigenvalue weighted by Crippen LogP contribution is -1.77. The molecule has 0 amide bonds. The predicted molar refractivity (Wildman–Crippen MR) is 56.0 cm³/mol. The highest BCUT2D eigenvalue weighted by Crippen LogP contribution is 2.24. The van der Waals surface area contributed by atoms with E-state index in [9.17, 15) is 0 Å². The summed E-state index contributed by atoms with van der Waals surface area (Å²) < 4.78 is 0. The first-order valence-electron chi connectivity index (χ1n) is 4.14. The number of nitrogens with one attached hydrogen (secondary N) is 1. The van der Waals surface area contributed by atoms with E-state index < -0.39 is 0 Å².